The Balaban J connectivity index is 1.19. The third-order valence-electron chi connectivity index (χ3n) is 8.40. The highest BCUT2D eigenvalue weighted by Crippen LogP contribution is 2.38. The van der Waals surface area contributed by atoms with Crippen LogP contribution in [-0.2, 0) is 0 Å². The lowest BCUT2D eigenvalue weighted by atomic mass is 9.95. The highest BCUT2D eigenvalue weighted by atomic mass is 32.1. The summed E-state index contributed by atoms with van der Waals surface area (Å²) in [6, 6.07) is 46.7. The van der Waals surface area contributed by atoms with Crippen molar-refractivity contribution in [3.05, 3.63) is 146 Å². The molecule has 0 saturated heterocycles. The first kappa shape index (κ1) is 25.7. The van der Waals surface area contributed by atoms with Gasteiger partial charge in [-0.15, -0.1) is 11.3 Å². The fourth-order valence-corrected chi connectivity index (χ4v) is 7.25. The predicted octanol–water partition coefficient (Wildman–Crippen LogP) is 10.6. The zero-order chi connectivity index (χ0) is 29.7. The Morgan fingerprint density at radius 2 is 1.04 bits per heavy atom. The summed E-state index contributed by atoms with van der Waals surface area (Å²) in [6.45, 7) is 0. The van der Waals surface area contributed by atoms with Crippen LogP contribution in [0.1, 0.15) is 0 Å². The molecule has 0 fully saturated rings. The van der Waals surface area contributed by atoms with Crippen molar-refractivity contribution in [2.24, 2.45) is 0 Å². The Morgan fingerprint density at radius 1 is 0.400 bits per heavy atom. The second-order valence-corrected chi connectivity index (χ2v) is 12.2. The molecule has 0 aliphatic heterocycles. The number of hydrogen-bond acceptors (Lipinski definition) is 5. The van der Waals surface area contributed by atoms with Gasteiger partial charge in [0.05, 0.1) is 33.8 Å². The molecule has 0 bridgehead atoms. The van der Waals surface area contributed by atoms with Crippen LogP contribution in [0.25, 0.3) is 87.0 Å². The molecular formula is C40H24N4S. The van der Waals surface area contributed by atoms with Crippen LogP contribution >= 0.6 is 11.3 Å². The van der Waals surface area contributed by atoms with Crippen LogP contribution in [0.2, 0.25) is 0 Å². The van der Waals surface area contributed by atoms with Gasteiger partial charge < -0.3 is 0 Å². The fourth-order valence-electron chi connectivity index (χ4n) is 6.17. The minimum Gasteiger partial charge on any atom is -0.255 e. The molecule has 5 aromatic heterocycles. The van der Waals surface area contributed by atoms with E-state index >= 15 is 0 Å². The lowest BCUT2D eigenvalue weighted by molar-refractivity contribution is 1.26. The number of nitrogens with zero attached hydrogens (tertiary/aromatic N) is 4. The summed E-state index contributed by atoms with van der Waals surface area (Å²) < 4.78 is 2.64. The molecule has 45 heavy (non-hydrogen) atoms. The molecule has 4 aromatic carbocycles. The lowest BCUT2D eigenvalue weighted by Crippen LogP contribution is -1.94. The van der Waals surface area contributed by atoms with Gasteiger partial charge in [-0.3, -0.25) is 9.97 Å². The van der Waals surface area contributed by atoms with E-state index in [-0.39, 0.29) is 0 Å². The number of pyridine rings is 4. The summed E-state index contributed by atoms with van der Waals surface area (Å²) in [5, 5.41) is 4.70. The first-order chi connectivity index (χ1) is 22.3. The van der Waals surface area contributed by atoms with E-state index in [0.717, 1.165) is 55.7 Å². The van der Waals surface area contributed by atoms with Crippen LogP contribution in [0.5, 0.6) is 0 Å². The zero-order valence-corrected chi connectivity index (χ0v) is 24.9. The summed E-state index contributed by atoms with van der Waals surface area (Å²) >= 11 is 1.85. The molecule has 0 unspecified atom stereocenters. The Morgan fingerprint density at radius 3 is 1.80 bits per heavy atom. The van der Waals surface area contributed by atoms with Crippen molar-refractivity contribution in [1.82, 2.24) is 19.9 Å². The summed E-state index contributed by atoms with van der Waals surface area (Å²) in [7, 11) is 0. The Bertz CT molecular complexity index is 2520. The number of fused-ring (bicyclic) bond motifs is 6. The van der Waals surface area contributed by atoms with Crippen molar-refractivity contribution in [2.45, 2.75) is 0 Å². The van der Waals surface area contributed by atoms with Gasteiger partial charge in [0.1, 0.15) is 0 Å². The molecule has 0 amide bonds. The summed E-state index contributed by atoms with van der Waals surface area (Å²) in [5.41, 5.74) is 9.67. The molecule has 9 rings (SSSR count). The van der Waals surface area contributed by atoms with E-state index in [2.05, 4.69) is 101 Å². The molecule has 9 aromatic rings. The van der Waals surface area contributed by atoms with E-state index in [0.29, 0.717) is 0 Å². The second kappa shape index (κ2) is 10.4. The minimum absolute atomic E-state index is 0.818. The van der Waals surface area contributed by atoms with Gasteiger partial charge in [0, 0.05) is 43.3 Å². The van der Waals surface area contributed by atoms with Crippen LogP contribution in [0.4, 0.5) is 0 Å². The smallest absolute Gasteiger partial charge is 0.0979 e. The van der Waals surface area contributed by atoms with Crippen LogP contribution in [0, 0.1) is 0 Å². The number of thiophene rings is 1. The van der Waals surface area contributed by atoms with Gasteiger partial charge in [-0.25, -0.2) is 9.97 Å². The molecule has 0 aliphatic rings. The monoisotopic (exact) mass is 592 g/mol. The number of hydrogen-bond donors (Lipinski definition) is 0. The van der Waals surface area contributed by atoms with Gasteiger partial charge in [0.15, 0.2) is 0 Å². The van der Waals surface area contributed by atoms with Crippen molar-refractivity contribution >= 4 is 53.3 Å². The van der Waals surface area contributed by atoms with Gasteiger partial charge in [0.2, 0.25) is 0 Å². The van der Waals surface area contributed by atoms with Crippen molar-refractivity contribution in [3.8, 4) is 45.0 Å². The molecule has 0 atom stereocenters. The quantitative estimate of drug-likeness (QED) is 0.191. The topological polar surface area (TPSA) is 51.6 Å². The average molecular weight is 593 g/mol. The maximum Gasteiger partial charge on any atom is 0.0979 e. The van der Waals surface area contributed by atoms with Crippen molar-refractivity contribution in [2.75, 3.05) is 0 Å². The molecule has 0 aliphatic carbocycles. The summed E-state index contributed by atoms with van der Waals surface area (Å²) in [6.07, 6.45) is 3.59. The van der Waals surface area contributed by atoms with Crippen molar-refractivity contribution in [1.29, 1.82) is 0 Å². The summed E-state index contributed by atoms with van der Waals surface area (Å²) in [4.78, 5) is 19.4. The van der Waals surface area contributed by atoms with Crippen molar-refractivity contribution < 1.29 is 0 Å². The maximum absolute atomic E-state index is 5.16. The molecule has 210 valence electrons. The number of benzene rings is 4. The van der Waals surface area contributed by atoms with E-state index in [1.807, 2.05) is 53.8 Å². The Labute approximate surface area is 263 Å². The highest BCUT2D eigenvalue weighted by Gasteiger charge is 2.15. The molecule has 0 N–H and O–H groups in total. The minimum atomic E-state index is 0.818. The zero-order valence-electron chi connectivity index (χ0n) is 24.1. The first-order valence-corrected chi connectivity index (χ1v) is 15.7. The number of aromatic nitrogens is 4. The average Bonchev–Trinajstić information content (AvgIpc) is 3.50. The lowest BCUT2D eigenvalue weighted by Gasteiger charge is -2.13. The van der Waals surface area contributed by atoms with Gasteiger partial charge in [0.25, 0.3) is 0 Å². The van der Waals surface area contributed by atoms with Gasteiger partial charge in [-0.2, -0.15) is 0 Å². The van der Waals surface area contributed by atoms with Crippen LogP contribution in [0.15, 0.2) is 146 Å². The second-order valence-electron chi connectivity index (χ2n) is 11.1. The van der Waals surface area contributed by atoms with Crippen LogP contribution < -0.4 is 0 Å². The van der Waals surface area contributed by atoms with E-state index in [9.17, 15) is 0 Å². The SMILES string of the molecule is c1ccc(-c2ccc3cc(-c4ccc(-c5ccc6sc7ccccc7c6c5)cc4)c4ccc(-c5ccccn5)nc4c3n2)nc1. The summed E-state index contributed by atoms with van der Waals surface area (Å²) in [5.74, 6) is 0. The van der Waals surface area contributed by atoms with Crippen LogP contribution in [-0.4, -0.2) is 19.9 Å². The molecule has 5 heteroatoms. The Hall–Kier alpha value is -5.78. The van der Waals surface area contributed by atoms with E-state index in [1.165, 1.54) is 31.3 Å². The third-order valence-corrected chi connectivity index (χ3v) is 9.55. The predicted molar refractivity (Wildman–Crippen MR) is 187 cm³/mol. The third kappa shape index (κ3) is 4.44. The normalized spacial score (nSPS) is 11.6. The van der Waals surface area contributed by atoms with Crippen molar-refractivity contribution in [3.63, 3.8) is 0 Å². The molecule has 0 spiro atoms. The fraction of sp³-hybridized carbons (Fsp3) is 0. The molecule has 5 heterocycles. The molecule has 4 nitrogen and oxygen atoms in total. The largest absolute Gasteiger partial charge is 0.255 e. The van der Waals surface area contributed by atoms with Gasteiger partial charge >= 0.3 is 0 Å². The molecule has 0 radical (unpaired) electrons. The van der Waals surface area contributed by atoms with E-state index in [4.69, 9.17) is 9.97 Å². The standard InChI is InChI=1S/C40H24N4S/c1-2-10-37-29(7-1)32-23-27(16-20-38(32)45-37)25-11-13-26(14-12-25)31-24-28-15-18-35(33-8-3-5-21-41-33)43-39(28)40-30(31)17-19-36(44-40)34-9-4-6-22-42-34/h1-24H. The maximum atomic E-state index is 5.16. The van der Waals surface area contributed by atoms with E-state index in [1.54, 1.807) is 12.4 Å². The highest BCUT2D eigenvalue weighted by molar-refractivity contribution is 7.25. The Kier molecular flexibility index (Phi) is 5.96. The molecular weight excluding hydrogens is 569 g/mol. The first-order valence-electron chi connectivity index (χ1n) is 14.9. The van der Waals surface area contributed by atoms with Gasteiger partial charge in [-0.1, -0.05) is 66.7 Å². The van der Waals surface area contributed by atoms with Gasteiger partial charge in [-0.05, 0) is 89.0 Å². The van der Waals surface area contributed by atoms with Crippen LogP contribution in [0.3, 0.4) is 0 Å². The van der Waals surface area contributed by atoms with E-state index < -0.39 is 0 Å². The number of rotatable bonds is 4. The molecule has 0 saturated carbocycles.